The second kappa shape index (κ2) is 6.82. The molecule has 0 aliphatic carbocycles. The summed E-state index contributed by atoms with van der Waals surface area (Å²) in [6.45, 7) is 6.40. The number of ether oxygens (including phenoxy) is 1. The highest BCUT2D eigenvalue weighted by molar-refractivity contribution is 5.48. The van der Waals surface area contributed by atoms with Crippen LogP contribution in [0.4, 0.5) is 5.82 Å². The van der Waals surface area contributed by atoms with Crippen molar-refractivity contribution in [3.8, 4) is 5.88 Å². The number of rotatable bonds is 7. The molecule has 0 spiro atoms. The largest absolute Gasteiger partial charge is 0.477 e. The summed E-state index contributed by atoms with van der Waals surface area (Å²) in [6, 6.07) is 0. The predicted octanol–water partition coefficient (Wildman–Crippen LogP) is 2.43. The summed E-state index contributed by atoms with van der Waals surface area (Å²) in [4.78, 5) is 8.35. The maximum atomic E-state index is 5.61. The van der Waals surface area contributed by atoms with Gasteiger partial charge in [-0.05, 0) is 12.8 Å². The van der Waals surface area contributed by atoms with Gasteiger partial charge in [0.1, 0.15) is 12.1 Å². The van der Waals surface area contributed by atoms with E-state index in [1.165, 1.54) is 6.33 Å². The third kappa shape index (κ3) is 3.22. The molecule has 0 fully saturated rings. The highest BCUT2D eigenvalue weighted by Crippen LogP contribution is 2.23. The van der Waals surface area contributed by atoms with Gasteiger partial charge in [0.15, 0.2) is 0 Å². The zero-order valence-electron chi connectivity index (χ0n) is 9.99. The van der Waals surface area contributed by atoms with Crippen molar-refractivity contribution in [2.24, 2.45) is 0 Å². The molecule has 0 aromatic carbocycles. The standard InChI is InChI=1S/C12H19N3O/c1-4-6-8-16-12-10(7-5-2)11(13-3)14-9-15-12/h4,9H,1,5-8H2,2-3H3,(H,13,14,15). The Morgan fingerprint density at radius 2 is 2.31 bits per heavy atom. The first-order chi connectivity index (χ1) is 7.83. The fourth-order valence-corrected chi connectivity index (χ4v) is 1.45. The normalized spacial score (nSPS) is 9.88. The van der Waals surface area contributed by atoms with Crippen LogP contribution in [0.25, 0.3) is 0 Å². The Morgan fingerprint density at radius 3 is 2.94 bits per heavy atom. The van der Waals surface area contributed by atoms with Gasteiger partial charge in [0.05, 0.1) is 12.2 Å². The minimum atomic E-state index is 0.611. The number of nitrogens with zero attached hydrogens (tertiary/aromatic N) is 2. The summed E-state index contributed by atoms with van der Waals surface area (Å²) in [6.07, 6.45) is 6.14. The van der Waals surface area contributed by atoms with E-state index in [9.17, 15) is 0 Å². The maximum absolute atomic E-state index is 5.61. The third-order valence-corrected chi connectivity index (χ3v) is 2.20. The molecule has 0 radical (unpaired) electrons. The fraction of sp³-hybridized carbons (Fsp3) is 0.500. The number of anilines is 1. The first-order valence-corrected chi connectivity index (χ1v) is 5.58. The molecule has 0 unspecified atom stereocenters. The van der Waals surface area contributed by atoms with Gasteiger partial charge in [0.2, 0.25) is 5.88 Å². The van der Waals surface area contributed by atoms with E-state index in [0.717, 1.165) is 30.6 Å². The molecule has 0 atom stereocenters. The molecule has 16 heavy (non-hydrogen) atoms. The van der Waals surface area contributed by atoms with Crippen LogP contribution in [0.15, 0.2) is 19.0 Å². The summed E-state index contributed by atoms with van der Waals surface area (Å²) in [5.74, 6) is 1.54. The maximum Gasteiger partial charge on any atom is 0.221 e. The summed E-state index contributed by atoms with van der Waals surface area (Å²) in [5, 5.41) is 3.06. The minimum absolute atomic E-state index is 0.611. The summed E-state index contributed by atoms with van der Waals surface area (Å²) < 4.78 is 5.61. The van der Waals surface area contributed by atoms with Gasteiger partial charge in [0.25, 0.3) is 0 Å². The first-order valence-electron chi connectivity index (χ1n) is 5.58. The van der Waals surface area contributed by atoms with Gasteiger partial charge in [-0.15, -0.1) is 6.58 Å². The molecule has 0 saturated heterocycles. The lowest BCUT2D eigenvalue weighted by molar-refractivity contribution is 0.308. The second-order valence-corrected chi connectivity index (χ2v) is 3.43. The van der Waals surface area contributed by atoms with E-state index < -0.39 is 0 Å². The van der Waals surface area contributed by atoms with Crippen LogP contribution in [-0.2, 0) is 6.42 Å². The third-order valence-electron chi connectivity index (χ3n) is 2.20. The zero-order chi connectivity index (χ0) is 11.8. The Balaban J connectivity index is 2.83. The fourth-order valence-electron chi connectivity index (χ4n) is 1.45. The lowest BCUT2D eigenvalue weighted by Gasteiger charge is -2.12. The van der Waals surface area contributed by atoms with Gasteiger partial charge in [-0.25, -0.2) is 9.97 Å². The molecule has 0 aliphatic rings. The Labute approximate surface area is 96.8 Å². The lowest BCUT2D eigenvalue weighted by Crippen LogP contribution is -2.06. The van der Waals surface area contributed by atoms with Crippen molar-refractivity contribution < 1.29 is 4.74 Å². The summed E-state index contributed by atoms with van der Waals surface area (Å²) in [5.41, 5.74) is 1.05. The topological polar surface area (TPSA) is 47.0 Å². The van der Waals surface area contributed by atoms with Gasteiger partial charge in [-0.1, -0.05) is 19.4 Å². The highest BCUT2D eigenvalue weighted by Gasteiger charge is 2.10. The lowest BCUT2D eigenvalue weighted by atomic mass is 10.2. The van der Waals surface area contributed by atoms with E-state index in [1.54, 1.807) is 0 Å². The monoisotopic (exact) mass is 221 g/mol. The molecule has 0 saturated carbocycles. The molecule has 1 heterocycles. The molecule has 4 nitrogen and oxygen atoms in total. The molecule has 0 aliphatic heterocycles. The van der Waals surface area contributed by atoms with Gasteiger partial charge >= 0.3 is 0 Å². The number of hydrogen-bond acceptors (Lipinski definition) is 4. The van der Waals surface area contributed by atoms with Crippen LogP contribution < -0.4 is 10.1 Å². The molecule has 0 bridgehead atoms. The van der Waals surface area contributed by atoms with Crippen LogP contribution in [0.5, 0.6) is 5.88 Å². The van der Waals surface area contributed by atoms with Gasteiger partial charge in [0, 0.05) is 7.05 Å². The van der Waals surface area contributed by atoms with Crippen molar-refractivity contribution in [1.82, 2.24) is 9.97 Å². The first kappa shape index (κ1) is 12.5. The zero-order valence-corrected chi connectivity index (χ0v) is 9.99. The van der Waals surface area contributed by atoms with Gasteiger partial charge in [-0.2, -0.15) is 0 Å². The van der Waals surface area contributed by atoms with Crippen molar-refractivity contribution in [3.63, 3.8) is 0 Å². The Kier molecular flexibility index (Phi) is 5.32. The summed E-state index contributed by atoms with van der Waals surface area (Å²) in [7, 11) is 1.86. The van der Waals surface area contributed by atoms with Gasteiger partial charge < -0.3 is 10.1 Å². The number of nitrogens with one attached hydrogen (secondary N) is 1. The van der Waals surface area contributed by atoms with Crippen molar-refractivity contribution >= 4 is 5.82 Å². The summed E-state index contributed by atoms with van der Waals surface area (Å²) >= 11 is 0. The molecule has 1 rings (SSSR count). The SMILES string of the molecule is C=CCCOc1ncnc(NC)c1CCC. The van der Waals surface area contributed by atoms with E-state index in [2.05, 4.69) is 28.8 Å². The van der Waals surface area contributed by atoms with Crippen molar-refractivity contribution in [1.29, 1.82) is 0 Å². The molecule has 4 heteroatoms. The minimum Gasteiger partial charge on any atom is -0.477 e. The molecular formula is C12H19N3O. The van der Waals surface area contributed by atoms with E-state index in [0.29, 0.717) is 12.5 Å². The molecule has 1 N–H and O–H groups in total. The molecule has 1 aromatic rings. The van der Waals surface area contributed by atoms with Gasteiger partial charge in [-0.3, -0.25) is 0 Å². The molecule has 0 amide bonds. The second-order valence-electron chi connectivity index (χ2n) is 3.43. The number of aromatic nitrogens is 2. The molecule has 1 aromatic heterocycles. The quantitative estimate of drug-likeness (QED) is 0.567. The van der Waals surface area contributed by atoms with E-state index in [4.69, 9.17) is 4.74 Å². The van der Waals surface area contributed by atoms with Crippen LogP contribution in [0, 0.1) is 0 Å². The highest BCUT2D eigenvalue weighted by atomic mass is 16.5. The van der Waals surface area contributed by atoms with Crippen LogP contribution in [0.2, 0.25) is 0 Å². The van der Waals surface area contributed by atoms with Crippen LogP contribution in [-0.4, -0.2) is 23.6 Å². The van der Waals surface area contributed by atoms with Crippen LogP contribution in [0.1, 0.15) is 25.3 Å². The van der Waals surface area contributed by atoms with Crippen molar-refractivity contribution in [2.45, 2.75) is 26.2 Å². The van der Waals surface area contributed by atoms with Crippen molar-refractivity contribution in [2.75, 3.05) is 19.0 Å². The van der Waals surface area contributed by atoms with Crippen molar-refractivity contribution in [3.05, 3.63) is 24.5 Å². The predicted molar refractivity (Wildman–Crippen MR) is 65.9 cm³/mol. The Hall–Kier alpha value is -1.58. The average molecular weight is 221 g/mol. The average Bonchev–Trinajstić information content (AvgIpc) is 2.31. The smallest absolute Gasteiger partial charge is 0.221 e. The number of hydrogen-bond donors (Lipinski definition) is 1. The Bertz CT molecular complexity index is 339. The van der Waals surface area contributed by atoms with E-state index in [-0.39, 0.29) is 0 Å². The van der Waals surface area contributed by atoms with E-state index >= 15 is 0 Å². The van der Waals surface area contributed by atoms with Crippen LogP contribution >= 0.6 is 0 Å². The van der Waals surface area contributed by atoms with Crippen LogP contribution in [0.3, 0.4) is 0 Å². The Morgan fingerprint density at radius 1 is 1.50 bits per heavy atom. The van der Waals surface area contributed by atoms with E-state index in [1.807, 2.05) is 13.1 Å². The molecular weight excluding hydrogens is 202 g/mol. The molecule has 88 valence electrons.